The van der Waals surface area contributed by atoms with Crippen molar-refractivity contribution in [2.24, 2.45) is 0 Å². The highest BCUT2D eigenvalue weighted by Crippen LogP contribution is 2.37. The Morgan fingerprint density at radius 2 is 1.84 bits per heavy atom. The van der Waals surface area contributed by atoms with Gasteiger partial charge in [0.2, 0.25) is 0 Å². The van der Waals surface area contributed by atoms with Crippen LogP contribution in [-0.2, 0) is 0 Å². The van der Waals surface area contributed by atoms with E-state index in [0.717, 1.165) is 25.9 Å². The molecule has 25 heavy (non-hydrogen) atoms. The Morgan fingerprint density at radius 3 is 2.52 bits per heavy atom. The third-order valence-electron chi connectivity index (χ3n) is 4.13. The lowest BCUT2D eigenvalue weighted by Crippen LogP contribution is -2.27. The minimum atomic E-state index is 0.00861. The number of rotatable bonds is 5. The van der Waals surface area contributed by atoms with E-state index in [-0.39, 0.29) is 5.91 Å². The normalized spacial score (nSPS) is 13.6. The Kier molecular flexibility index (Phi) is 5.28. The number of methoxy groups -OCH3 is 2. The smallest absolute Gasteiger partial charge is 0.255 e. The molecule has 1 aromatic carbocycles. The summed E-state index contributed by atoms with van der Waals surface area (Å²) in [4.78, 5) is 18.6. The van der Waals surface area contributed by atoms with Gasteiger partial charge in [-0.3, -0.25) is 9.78 Å². The highest BCUT2D eigenvalue weighted by molar-refractivity contribution is 6.32. The molecule has 1 fully saturated rings. The van der Waals surface area contributed by atoms with Gasteiger partial charge in [0.1, 0.15) is 11.5 Å². The number of hydrogen-bond donors (Lipinski definition) is 1. The fraction of sp³-hybridized carbons (Fsp3) is 0.333. The van der Waals surface area contributed by atoms with E-state index in [2.05, 4.69) is 10.3 Å². The maximum Gasteiger partial charge on any atom is 0.255 e. The van der Waals surface area contributed by atoms with Crippen LogP contribution in [0.4, 0.5) is 11.4 Å². The fourth-order valence-corrected chi connectivity index (χ4v) is 3.07. The van der Waals surface area contributed by atoms with Gasteiger partial charge in [-0.05, 0) is 18.9 Å². The number of ether oxygens (including phenoxy) is 2. The molecule has 2 heterocycles. The number of benzene rings is 1. The average Bonchev–Trinajstić information content (AvgIpc) is 3.17. The number of likely N-dealkylation sites (tertiary alicyclic amines) is 1. The molecular weight excluding hydrogens is 342 g/mol. The van der Waals surface area contributed by atoms with Crippen LogP contribution in [0.15, 0.2) is 30.6 Å². The Labute approximate surface area is 151 Å². The van der Waals surface area contributed by atoms with Gasteiger partial charge in [-0.25, -0.2) is 0 Å². The van der Waals surface area contributed by atoms with Crippen LogP contribution in [0.25, 0.3) is 0 Å². The lowest BCUT2D eigenvalue weighted by Gasteiger charge is -2.16. The van der Waals surface area contributed by atoms with Crippen molar-refractivity contribution in [2.45, 2.75) is 12.8 Å². The van der Waals surface area contributed by atoms with Crippen LogP contribution >= 0.6 is 11.6 Å². The van der Waals surface area contributed by atoms with Gasteiger partial charge < -0.3 is 19.7 Å². The van der Waals surface area contributed by atoms with Crippen molar-refractivity contribution in [3.05, 3.63) is 41.2 Å². The minimum Gasteiger partial charge on any atom is -0.495 e. The summed E-state index contributed by atoms with van der Waals surface area (Å²) in [6, 6.07) is 5.21. The zero-order valence-corrected chi connectivity index (χ0v) is 15.0. The number of halogens is 1. The van der Waals surface area contributed by atoms with Crippen molar-refractivity contribution < 1.29 is 14.3 Å². The van der Waals surface area contributed by atoms with E-state index < -0.39 is 0 Å². The molecule has 132 valence electrons. The Morgan fingerprint density at radius 1 is 1.12 bits per heavy atom. The fourth-order valence-electron chi connectivity index (χ4n) is 2.84. The molecule has 1 amide bonds. The summed E-state index contributed by atoms with van der Waals surface area (Å²) in [5.74, 6) is 1.11. The van der Waals surface area contributed by atoms with Crippen LogP contribution in [0.5, 0.6) is 11.5 Å². The molecule has 0 bridgehead atoms. The Bertz CT molecular complexity index is 776. The van der Waals surface area contributed by atoms with E-state index in [1.807, 2.05) is 4.90 Å². The van der Waals surface area contributed by atoms with Crippen LogP contribution < -0.4 is 14.8 Å². The van der Waals surface area contributed by atoms with Gasteiger partial charge in [0, 0.05) is 31.4 Å². The number of amides is 1. The van der Waals surface area contributed by atoms with E-state index in [1.165, 1.54) is 0 Å². The van der Waals surface area contributed by atoms with Crippen molar-refractivity contribution in [3.8, 4) is 11.5 Å². The molecule has 2 aromatic rings. The van der Waals surface area contributed by atoms with Crippen LogP contribution in [0.3, 0.4) is 0 Å². The third-order valence-corrected chi connectivity index (χ3v) is 4.43. The third kappa shape index (κ3) is 3.79. The first-order chi connectivity index (χ1) is 12.1. The molecular formula is C18H20ClN3O3. The predicted molar refractivity (Wildman–Crippen MR) is 97.2 cm³/mol. The van der Waals surface area contributed by atoms with Gasteiger partial charge in [0.15, 0.2) is 0 Å². The molecule has 1 N–H and O–H groups in total. The summed E-state index contributed by atoms with van der Waals surface area (Å²) in [6.07, 6.45) is 5.35. The monoisotopic (exact) mass is 361 g/mol. The average molecular weight is 362 g/mol. The number of carbonyl (C=O) groups is 1. The molecule has 0 unspecified atom stereocenters. The maximum absolute atomic E-state index is 12.5. The summed E-state index contributed by atoms with van der Waals surface area (Å²) in [6.45, 7) is 1.61. The number of nitrogens with zero attached hydrogens (tertiary/aromatic N) is 2. The minimum absolute atomic E-state index is 0.00861. The molecule has 0 aliphatic carbocycles. The molecule has 1 saturated heterocycles. The lowest BCUT2D eigenvalue weighted by atomic mass is 10.2. The number of aromatic nitrogens is 1. The molecule has 7 heteroatoms. The second kappa shape index (κ2) is 7.61. The first kappa shape index (κ1) is 17.4. The number of nitrogens with one attached hydrogen (secondary N) is 1. The molecule has 3 rings (SSSR count). The van der Waals surface area contributed by atoms with E-state index in [4.69, 9.17) is 21.1 Å². The molecule has 0 spiro atoms. The summed E-state index contributed by atoms with van der Waals surface area (Å²) < 4.78 is 10.6. The van der Waals surface area contributed by atoms with Crippen molar-refractivity contribution in [1.29, 1.82) is 0 Å². The van der Waals surface area contributed by atoms with Crippen LogP contribution in [0.1, 0.15) is 23.2 Å². The standard InChI is InChI=1S/C18H20ClN3O3/c1-24-16-9-15(17(25-2)8-14(16)19)21-13-7-12(10-20-11-13)18(23)22-5-3-4-6-22/h7-11,21H,3-6H2,1-2H3. The van der Waals surface area contributed by atoms with Crippen molar-refractivity contribution in [1.82, 2.24) is 9.88 Å². The van der Waals surface area contributed by atoms with Gasteiger partial charge in [-0.15, -0.1) is 0 Å². The van der Waals surface area contributed by atoms with Gasteiger partial charge in [0.25, 0.3) is 5.91 Å². The zero-order valence-electron chi connectivity index (χ0n) is 14.2. The number of pyridine rings is 1. The summed E-state index contributed by atoms with van der Waals surface area (Å²) in [7, 11) is 3.11. The van der Waals surface area contributed by atoms with Crippen LogP contribution in [-0.4, -0.2) is 43.1 Å². The molecule has 0 radical (unpaired) electrons. The highest BCUT2D eigenvalue weighted by Gasteiger charge is 2.20. The number of carbonyl (C=O) groups excluding carboxylic acids is 1. The second-order valence-electron chi connectivity index (χ2n) is 5.77. The molecule has 1 aliphatic heterocycles. The summed E-state index contributed by atoms with van der Waals surface area (Å²) in [5.41, 5.74) is 1.93. The molecule has 1 aliphatic rings. The van der Waals surface area contributed by atoms with Crippen LogP contribution in [0.2, 0.25) is 5.02 Å². The van der Waals surface area contributed by atoms with Crippen molar-refractivity contribution in [2.75, 3.05) is 32.6 Å². The Hall–Kier alpha value is -2.47. The highest BCUT2D eigenvalue weighted by atomic mass is 35.5. The number of anilines is 2. The van der Waals surface area contributed by atoms with E-state index in [0.29, 0.717) is 33.5 Å². The summed E-state index contributed by atoms with van der Waals surface area (Å²) >= 11 is 6.13. The first-order valence-corrected chi connectivity index (χ1v) is 8.43. The van der Waals surface area contributed by atoms with Crippen molar-refractivity contribution in [3.63, 3.8) is 0 Å². The van der Waals surface area contributed by atoms with Crippen LogP contribution in [0, 0.1) is 0 Å². The summed E-state index contributed by atoms with van der Waals surface area (Å²) in [5, 5.41) is 3.67. The lowest BCUT2D eigenvalue weighted by molar-refractivity contribution is 0.0792. The topological polar surface area (TPSA) is 63.7 Å². The molecule has 6 nitrogen and oxygen atoms in total. The molecule has 0 atom stereocenters. The molecule has 0 saturated carbocycles. The predicted octanol–water partition coefficient (Wildman–Crippen LogP) is 3.73. The quantitative estimate of drug-likeness (QED) is 0.879. The maximum atomic E-state index is 12.5. The Balaban J connectivity index is 1.86. The van der Waals surface area contributed by atoms with Gasteiger partial charge in [-0.1, -0.05) is 11.6 Å². The zero-order chi connectivity index (χ0) is 17.8. The first-order valence-electron chi connectivity index (χ1n) is 8.05. The second-order valence-corrected chi connectivity index (χ2v) is 6.18. The molecule has 1 aromatic heterocycles. The number of hydrogen-bond acceptors (Lipinski definition) is 5. The van der Waals surface area contributed by atoms with Gasteiger partial charge >= 0.3 is 0 Å². The van der Waals surface area contributed by atoms with Gasteiger partial charge in [-0.2, -0.15) is 0 Å². The van der Waals surface area contributed by atoms with E-state index in [9.17, 15) is 4.79 Å². The largest absolute Gasteiger partial charge is 0.495 e. The van der Waals surface area contributed by atoms with E-state index in [1.54, 1.807) is 44.8 Å². The van der Waals surface area contributed by atoms with Crippen molar-refractivity contribution >= 4 is 28.9 Å². The SMILES string of the molecule is COc1cc(Nc2cncc(C(=O)N3CCCC3)c2)c(OC)cc1Cl. The van der Waals surface area contributed by atoms with Gasteiger partial charge in [0.05, 0.1) is 42.4 Å². The van der Waals surface area contributed by atoms with E-state index >= 15 is 0 Å².